The van der Waals surface area contributed by atoms with Gasteiger partial charge in [0.1, 0.15) is 0 Å². The number of carbonyl (C=O) groups is 1. The normalized spacial score (nSPS) is 19.1. The van der Waals surface area contributed by atoms with E-state index in [1.165, 1.54) is 0 Å². The quantitative estimate of drug-likeness (QED) is 0.786. The molecule has 0 spiro atoms. The number of hydrogen-bond acceptors (Lipinski definition) is 3. The lowest BCUT2D eigenvalue weighted by atomic mass is 9.90. The fourth-order valence-electron chi connectivity index (χ4n) is 2.02. The van der Waals surface area contributed by atoms with Crippen molar-refractivity contribution in [3.8, 4) is 0 Å². The minimum Gasteiger partial charge on any atom is -0.479 e. The zero-order chi connectivity index (χ0) is 11.8. The molecule has 1 fully saturated rings. The number of benzene rings is 1. The molecule has 2 rings (SSSR count). The van der Waals surface area contributed by atoms with Gasteiger partial charge in [0, 0.05) is 10.3 Å². The van der Waals surface area contributed by atoms with Gasteiger partial charge in [-0.3, -0.25) is 0 Å². The number of carboxylic acids is 1. The van der Waals surface area contributed by atoms with Crippen LogP contribution in [0.3, 0.4) is 0 Å². The van der Waals surface area contributed by atoms with Crippen molar-refractivity contribution >= 4 is 17.7 Å². The van der Waals surface area contributed by atoms with Crippen LogP contribution < -0.4 is 0 Å². The van der Waals surface area contributed by atoms with Gasteiger partial charge in [0.05, 0.1) is 0 Å². The van der Waals surface area contributed by atoms with E-state index in [2.05, 4.69) is 0 Å². The Bertz CT molecular complexity index is 412. The number of hydrogen-bond donors (Lipinski definition) is 2. The molecule has 0 saturated heterocycles. The van der Waals surface area contributed by atoms with E-state index in [1.807, 2.05) is 30.5 Å². The Balaban J connectivity index is 2.32. The lowest BCUT2D eigenvalue weighted by Gasteiger charge is -2.19. The fraction of sp³-hybridized carbons (Fsp3) is 0.417. The van der Waals surface area contributed by atoms with Crippen LogP contribution in [-0.2, 0) is 10.2 Å². The van der Waals surface area contributed by atoms with Crippen molar-refractivity contribution in [1.29, 1.82) is 0 Å². The third kappa shape index (κ3) is 1.83. The first-order valence-electron chi connectivity index (χ1n) is 5.15. The van der Waals surface area contributed by atoms with Crippen LogP contribution >= 0.6 is 11.8 Å². The summed E-state index contributed by atoms with van der Waals surface area (Å²) in [6.07, 6.45) is 2.19. The molecule has 0 radical (unpaired) electrons. The number of rotatable bonds is 4. The number of aliphatic hydroxyl groups is 1. The molecule has 4 heteroatoms. The lowest BCUT2D eigenvalue weighted by Crippen LogP contribution is -2.33. The largest absolute Gasteiger partial charge is 0.479 e. The summed E-state index contributed by atoms with van der Waals surface area (Å²) in [5.41, 5.74) is 0.395. The second-order valence-electron chi connectivity index (χ2n) is 4.13. The summed E-state index contributed by atoms with van der Waals surface area (Å²) in [5.74, 6) is -1.13. The Morgan fingerprint density at radius 1 is 1.50 bits per heavy atom. The molecule has 86 valence electrons. The maximum absolute atomic E-state index is 10.9. The second kappa shape index (κ2) is 4.11. The third-order valence-electron chi connectivity index (χ3n) is 3.19. The van der Waals surface area contributed by atoms with Crippen molar-refractivity contribution in [3.05, 3.63) is 29.8 Å². The number of carboxylic acid groups (broad SMARTS) is 1. The van der Waals surface area contributed by atoms with Crippen LogP contribution in [0.2, 0.25) is 0 Å². The lowest BCUT2D eigenvalue weighted by molar-refractivity contribution is -0.148. The predicted molar refractivity (Wildman–Crippen MR) is 62.8 cm³/mol. The highest BCUT2D eigenvalue weighted by Crippen LogP contribution is 2.51. The van der Waals surface area contributed by atoms with Crippen molar-refractivity contribution in [2.24, 2.45) is 0 Å². The molecule has 1 aliphatic rings. The predicted octanol–water partition coefficient (Wildman–Crippen LogP) is 1.89. The minimum atomic E-state index is -1.29. The Morgan fingerprint density at radius 3 is 2.69 bits per heavy atom. The fourth-order valence-corrected chi connectivity index (χ4v) is 2.48. The van der Waals surface area contributed by atoms with E-state index in [0.717, 1.165) is 23.3 Å². The van der Waals surface area contributed by atoms with Crippen molar-refractivity contribution in [1.82, 2.24) is 0 Å². The van der Waals surface area contributed by atoms with Crippen molar-refractivity contribution < 1.29 is 15.0 Å². The molecule has 1 unspecified atom stereocenters. The molecular formula is C12H14O3S. The molecule has 0 bridgehead atoms. The summed E-state index contributed by atoms with van der Waals surface area (Å²) < 4.78 is 0. The minimum absolute atomic E-state index is 0.544. The average molecular weight is 238 g/mol. The Kier molecular flexibility index (Phi) is 2.95. The maximum atomic E-state index is 10.9. The van der Waals surface area contributed by atoms with E-state index in [-0.39, 0.29) is 0 Å². The van der Waals surface area contributed by atoms with Gasteiger partial charge in [-0.05, 0) is 36.8 Å². The molecule has 1 aromatic carbocycles. The average Bonchev–Trinajstić information content (AvgIpc) is 3.09. The van der Waals surface area contributed by atoms with E-state index >= 15 is 0 Å². The summed E-state index contributed by atoms with van der Waals surface area (Å²) >= 11 is 1.62. The van der Waals surface area contributed by atoms with Crippen molar-refractivity contribution in [2.75, 3.05) is 6.26 Å². The zero-order valence-corrected chi connectivity index (χ0v) is 9.83. The van der Waals surface area contributed by atoms with E-state index in [1.54, 1.807) is 11.8 Å². The van der Waals surface area contributed by atoms with Gasteiger partial charge in [-0.1, -0.05) is 12.1 Å². The van der Waals surface area contributed by atoms with Crippen molar-refractivity contribution in [3.63, 3.8) is 0 Å². The van der Waals surface area contributed by atoms with E-state index in [0.29, 0.717) is 0 Å². The number of thioether (sulfide) groups is 1. The summed E-state index contributed by atoms with van der Waals surface area (Å²) in [6, 6.07) is 7.77. The zero-order valence-electron chi connectivity index (χ0n) is 9.01. The summed E-state index contributed by atoms with van der Waals surface area (Å²) in [6.45, 7) is 0. The van der Waals surface area contributed by atoms with Crippen LogP contribution in [0.5, 0.6) is 0 Å². The SMILES string of the molecule is CSc1cccc(C2(C(O)C(=O)O)CC2)c1. The molecule has 0 aliphatic heterocycles. The van der Waals surface area contributed by atoms with Gasteiger partial charge in [-0.15, -0.1) is 11.8 Å². The summed E-state index contributed by atoms with van der Waals surface area (Å²) in [4.78, 5) is 12.0. The van der Waals surface area contributed by atoms with E-state index in [4.69, 9.17) is 5.11 Å². The van der Waals surface area contributed by atoms with Gasteiger partial charge in [0.2, 0.25) is 0 Å². The maximum Gasteiger partial charge on any atom is 0.333 e. The molecule has 0 heterocycles. The molecule has 1 atom stereocenters. The molecule has 0 amide bonds. The monoisotopic (exact) mass is 238 g/mol. The van der Waals surface area contributed by atoms with Gasteiger partial charge < -0.3 is 10.2 Å². The highest BCUT2D eigenvalue weighted by Gasteiger charge is 2.53. The Morgan fingerprint density at radius 2 is 2.19 bits per heavy atom. The number of aliphatic carboxylic acids is 1. The first-order chi connectivity index (χ1) is 7.60. The highest BCUT2D eigenvalue weighted by molar-refractivity contribution is 7.98. The van der Waals surface area contributed by atoms with Gasteiger partial charge in [0.25, 0.3) is 0 Å². The second-order valence-corrected chi connectivity index (χ2v) is 5.01. The molecule has 1 saturated carbocycles. The van der Waals surface area contributed by atoms with Crippen LogP contribution in [0.15, 0.2) is 29.2 Å². The van der Waals surface area contributed by atoms with Gasteiger partial charge >= 0.3 is 5.97 Å². The third-order valence-corrected chi connectivity index (χ3v) is 3.92. The Labute approximate surface area is 98.5 Å². The molecule has 2 N–H and O–H groups in total. The van der Waals surface area contributed by atoms with Gasteiger partial charge in [0.15, 0.2) is 6.10 Å². The van der Waals surface area contributed by atoms with Gasteiger partial charge in [-0.25, -0.2) is 4.79 Å². The van der Waals surface area contributed by atoms with Crippen LogP contribution in [-0.4, -0.2) is 28.5 Å². The number of aliphatic hydroxyl groups excluding tert-OH is 1. The van der Waals surface area contributed by atoms with Gasteiger partial charge in [-0.2, -0.15) is 0 Å². The van der Waals surface area contributed by atoms with Crippen LogP contribution in [0.1, 0.15) is 18.4 Å². The topological polar surface area (TPSA) is 57.5 Å². The highest BCUT2D eigenvalue weighted by atomic mass is 32.2. The van der Waals surface area contributed by atoms with Crippen LogP contribution in [0, 0.1) is 0 Å². The van der Waals surface area contributed by atoms with Crippen LogP contribution in [0.25, 0.3) is 0 Å². The molecule has 16 heavy (non-hydrogen) atoms. The van der Waals surface area contributed by atoms with E-state index in [9.17, 15) is 9.90 Å². The first kappa shape index (κ1) is 11.5. The Hall–Kier alpha value is -1.00. The smallest absolute Gasteiger partial charge is 0.333 e. The summed E-state index contributed by atoms with van der Waals surface area (Å²) in [7, 11) is 0. The van der Waals surface area contributed by atoms with Crippen LogP contribution in [0.4, 0.5) is 0 Å². The molecule has 0 aromatic heterocycles. The molecular weight excluding hydrogens is 224 g/mol. The molecule has 1 aromatic rings. The first-order valence-corrected chi connectivity index (χ1v) is 6.38. The van der Waals surface area contributed by atoms with E-state index < -0.39 is 17.5 Å². The standard InChI is InChI=1S/C12H14O3S/c1-16-9-4-2-3-8(7-9)12(5-6-12)10(13)11(14)15/h2-4,7,10,13H,5-6H2,1H3,(H,14,15). The summed E-state index contributed by atoms with van der Waals surface area (Å²) in [5, 5.41) is 18.6. The molecule has 3 nitrogen and oxygen atoms in total. The molecule has 1 aliphatic carbocycles. The van der Waals surface area contributed by atoms with Crippen molar-refractivity contribution in [2.45, 2.75) is 29.3 Å².